The summed E-state index contributed by atoms with van der Waals surface area (Å²) in [7, 11) is 0. The lowest BCUT2D eigenvalue weighted by Crippen LogP contribution is -2.35. The average molecular weight is 270 g/mol. The van der Waals surface area contributed by atoms with Crippen LogP contribution < -0.4 is 11.2 Å². The third kappa shape index (κ3) is 2.26. The van der Waals surface area contributed by atoms with Crippen LogP contribution >= 0.6 is 0 Å². The molecule has 1 aromatic heterocycles. The molecule has 1 fully saturated rings. The molecule has 1 aliphatic rings. The SMILES string of the molecule is C=Cn1cc([C@@H]2O[C@H](CO)[C@@H](O)[C@H]2O)c(=O)[nH]c1=O. The van der Waals surface area contributed by atoms with E-state index in [1.165, 1.54) is 12.4 Å². The number of rotatable bonds is 3. The first kappa shape index (κ1) is 13.7. The zero-order chi connectivity index (χ0) is 14.2. The van der Waals surface area contributed by atoms with Gasteiger partial charge in [0.15, 0.2) is 0 Å². The van der Waals surface area contributed by atoms with Crippen LogP contribution in [0.2, 0.25) is 0 Å². The van der Waals surface area contributed by atoms with Crippen molar-refractivity contribution in [1.29, 1.82) is 0 Å². The van der Waals surface area contributed by atoms with Gasteiger partial charge in [-0.05, 0) is 0 Å². The number of hydrogen-bond acceptors (Lipinski definition) is 6. The van der Waals surface area contributed by atoms with Gasteiger partial charge in [0.25, 0.3) is 5.56 Å². The molecule has 1 aromatic rings. The number of nitrogens with zero attached hydrogens (tertiary/aromatic N) is 1. The Balaban J connectivity index is 2.46. The summed E-state index contributed by atoms with van der Waals surface area (Å²) in [6.07, 6.45) is -2.42. The topological polar surface area (TPSA) is 125 Å². The van der Waals surface area contributed by atoms with Crippen LogP contribution in [0.4, 0.5) is 0 Å². The van der Waals surface area contributed by atoms with Gasteiger partial charge < -0.3 is 20.1 Å². The second kappa shape index (κ2) is 5.10. The Morgan fingerprint density at radius 1 is 1.42 bits per heavy atom. The van der Waals surface area contributed by atoms with E-state index in [2.05, 4.69) is 6.58 Å². The lowest BCUT2D eigenvalue weighted by Gasteiger charge is -2.14. The molecule has 0 radical (unpaired) electrons. The van der Waals surface area contributed by atoms with E-state index in [4.69, 9.17) is 9.84 Å². The Hall–Kier alpha value is -1.74. The van der Waals surface area contributed by atoms with Crippen molar-refractivity contribution in [2.24, 2.45) is 0 Å². The van der Waals surface area contributed by atoms with E-state index in [0.717, 1.165) is 4.57 Å². The number of aromatic nitrogens is 2. The van der Waals surface area contributed by atoms with E-state index in [0.29, 0.717) is 0 Å². The Morgan fingerprint density at radius 3 is 2.63 bits per heavy atom. The highest BCUT2D eigenvalue weighted by Crippen LogP contribution is 2.31. The maximum Gasteiger partial charge on any atom is 0.332 e. The van der Waals surface area contributed by atoms with Gasteiger partial charge in [0.1, 0.15) is 24.4 Å². The van der Waals surface area contributed by atoms with Gasteiger partial charge in [-0.1, -0.05) is 6.58 Å². The van der Waals surface area contributed by atoms with E-state index in [1.807, 2.05) is 4.98 Å². The summed E-state index contributed by atoms with van der Waals surface area (Å²) in [4.78, 5) is 25.1. The zero-order valence-electron chi connectivity index (χ0n) is 9.89. The van der Waals surface area contributed by atoms with Crippen molar-refractivity contribution in [3.63, 3.8) is 0 Å². The number of aliphatic hydroxyl groups excluding tert-OH is 3. The van der Waals surface area contributed by atoms with Gasteiger partial charge in [-0.15, -0.1) is 0 Å². The largest absolute Gasteiger partial charge is 0.394 e. The number of hydrogen-bond donors (Lipinski definition) is 4. The van der Waals surface area contributed by atoms with Gasteiger partial charge in [0.2, 0.25) is 0 Å². The second-order valence-corrected chi connectivity index (χ2v) is 4.19. The number of aromatic amines is 1. The molecule has 1 aliphatic heterocycles. The maximum absolute atomic E-state index is 11.7. The first-order valence-electron chi connectivity index (χ1n) is 5.60. The molecule has 1 saturated heterocycles. The second-order valence-electron chi connectivity index (χ2n) is 4.19. The molecule has 0 aliphatic carbocycles. The summed E-state index contributed by atoms with van der Waals surface area (Å²) in [5.41, 5.74) is -1.42. The van der Waals surface area contributed by atoms with Crippen molar-refractivity contribution in [3.8, 4) is 0 Å². The highest BCUT2D eigenvalue weighted by Gasteiger charge is 2.44. The summed E-state index contributed by atoms with van der Waals surface area (Å²) in [6, 6.07) is 0. The lowest BCUT2D eigenvalue weighted by atomic mass is 10.0. The van der Waals surface area contributed by atoms with Crippen molar-refractivity contribution in [1.82, 2.24) is 9.55 Å². The van der Waals surface area contributed by atoms with Gasteiger partial charge in [-0.2, -0.15) is 0 Å². The number of H-pyrrole nitrogens is 1. The molecular weight excluding hydrogens is 256 g/mol. The van der Waals surface area contributed by atoms with Gasteiger partial charge in [-0.3, -0.25) is 14.3 Å². The third-order valence-electron chi connectivity index (χ3n) is 3.04. The van der Waals surface area contributed by atoms with Crippen LogP contribution in [0.1, 0.15) is 11.7 Å². The van der Waals surface area contributed by atoms with Crippen molar-refractivity contribution >= 4 is 6.20 Å². The molecule has 0 aromatic carbocycles. The van der Waals surface area contributed by atoms with Gasteiger partial charge in [0.05, 0.1) is 12.2 Å². The standard InChI is InChI=1S/C11H14N2O6/c1-2-13-3-5(10(17)12-11(13)18)9-8(16)7(15)6(4-14)19-9/h2-3,6-9,14-16H,1,4H2,(H,12,17,18)/t6-,7-,8-,9+/m1/s1. The van der Waals surface area contributed by atoms with Crippen LogP contribution in [0, 0.1) is 0 Å². The summed E-state index contributed by atoms with van der Waals surface area (Å²) >= 11 is 0. The Kier molecular flexibility index (Phi) is 3.67. The molecule has 0 spiro atoms. The van der Waals surface area contributed by atoms with Crippen molar-refractivity contribution in [3.05, 3.63) is 39.2 Å². The number of aliphatic hydroxyl groups is 3. The molecule has 4 atom stereocenters. The first-order valence-corrected chi connectivity index (χ1v) is 5.60. The molecule has 0 unspecified atom stereocenters. The summed E-state index contributed by atoms with van der Waals surface area (Å²) < 4.78 is 6.24. The molecular formula is C11H14N2O6. The van der Waals surface area contributed by atoms with Gasteiger partial charge in [0, 0.05) is 12.4 Å². The van der Waals surface area contributed by atoms with Crippen LogP contribution in [-0.2, 0) is 4.74 Å². The van der Waals surface area contributed by atoms with Crippen LogP contribution in [0.5, 0.6) is 0 Å². The van der Waals surface area contributed by atoms with Crippen LogP contribution in [-0.4, -0.2) is 49.8 Å². The Bertz CT molecular complexity index is 592. The van der Waals surface area contributed by atoms with Gasteiger partial charge >= 0.3 is 5.69 Å². The van der Waals surface area contributed by atoms with Crippen LogP contribution in [0.3, 0.4) is 0 Å². The smallest absolute Gasteiger partial charge is 0.332 e. The molecule has 0 bridgehead atoms. The fraction of sp³-hybridized carbons (Fsp3) is 0.455. The van der Waals surface area contributed by atoms with Crippen molar-refractivity contribution in [2.45, 2.75) is 24.4 Å². The summed E-state index contributed by atoms with van der Waals surface area (Å²) in [5, 5.41) is 28.4. The fourth-order valence-electron chi connectivity index (χ4n) is 2.00. The average Bonchev–Trinajstić information content (AvgIpc) is 2.67. The molecule has 8 heteroatoms. The molecule has 8 nitrogen and oxygen atoms in total. The molecule has 0 amide bonds. The minimum absolute atomic E-state index is 0.0259. The van der Waals surface area contributed by atoms with Crippen molar-refractivity contribution in [2.75, 3.05) is 6.61 Å². The molecule has 4 N–H and O–H groups in total. The molecule has 2 rings (SSSR count). The third-order valence-corrected chi connectivity index (χ3v) is 3.04. The summed E-state index contributed by atoms with van der Waals surface area (Å²) in [5.74, 6) is 0. The minimum Gasteiger partial charge on any atom is -0.394 e. The summed E-state index contributed by atoms with van der Waals surface area (Å²) in [6.45, 7) is 2.91. The van der Waals surface area contributed by atoms with Crippen LogP contribution in [0.15, 0.2) is 22.4 Å². The fourth-order valence-corrected chi connectivity index (χ4v) is 2.00. The quantitative estimate of drug-likeness (QED) is 0.493. The number of ether oxygens (including phenoxy) is 1. The highest BCUT2D eigenvalue weighted by atomic mass is 16.6. The van der Waals surface area contributed by atoms with Crippen molar-refractivity contribution < 1.29 is 20.1 Å². The minimum atomic E-state index is -1.37. The normalized spacial score (nSPS) is 30.5. The van der Waals surface area contributed by atoms with E-state index in [1.54, 1.807) is 0 Å². The molecule has 2 heterocycles. The zero-order valence-corrected chi connectivity index (χ0v) is 9.89. The molecule has 19 heavy (non-hydrogen) atoms. The highest BCUT2D eigenvalue weighted by molar-refractivity contribution is 5.22. The van der Waals surface area contributed by atoms with E-state index in [9.17, 15) is 19.8 Å². The Morgan fingerprint density at radius 2 is 2.11 bits per heavy atom. The maximum atomic E-state index is 11.7. The molecule has 0 saturated carbocycles. The first-order chi connectivity index (χ1) is 8.99. The predicted molar refractivity (Wildman–Crippen MR) is 64.4 cm³/mol. The van der Waals surface area contributed by atoms with Crippen LogP contribution in [0.25, 0.3) is 6.20 Å². The van der Waals surface area contributed by atoms with E-state index < -0.39 is 42.3 Å². The Labute approximate surface area is 107 Å². The van der Waals surface area contributed by atoms with Gasteiger partial charge in [-0.25, -0.2) is 4.79 Å². The van der Waals surface area contributed by atoms with E-state index >= 15 is 0 Å². The lowest BCUT2D eigenvalue weighted by molar-refractivity contribution is -0.0233. The molecule has 104 valence electrons. The predicted octanol–water partition coefficient (Wildman–Crippen LogP) is -2.21. The number of nitrogens with one attached hydrogen (secondary N) is 1. The monoisotopic (exact) mass is 270 g/mol. The van der Waals surface area contributed by atoms with E-state index in [-0.39, 0.29) is 5.56 Å².